The van der Waals surface area contributed by atoms with Crippen molar-refractivity contribution in [3.05, 3.63) is 29.8 Å². The van der Waals surface area contributed by atoms with E-state index in [2.05, 4.69) is 5.32 Å². The van der Waals surface area contributed by atoms with Gasteiger partial charge in [0.2, 0.25) is 11.8 Å². The average Bonchev–Trinajstić information content (AvgIpc) is 2.46. The Morgan fingerprint density at radius 1 is 1.30 bits per heavy atom. The van der Waals surface area contributed by atoms with E-state index < -0.39 is 23.8 Å². The van der Waals surface area contributed by atoms with Gasteiger partial charge >= 0.3 is 5.97 Å². The molecule has 0 heterocycles. The monoisotopic (exact) mass is 322 g/mol. The quantitative estimate of drug-likeness (QED) is 0.630. The standard InChI is InChI=1S/C16H22N2O5/c1-10(2)8-13(16(21)22)18-14(19)6-7-23-12-5-3-4-11(9-12)15(17)20/h3-5,9-10,13H,6-8H2,1-2H3,(H2,17,20)(H,18,19)(H,21,22)/t13-/m1/s1. The van der Waals surface area contributed by atoms with E-state index in [1.165, 1.54) is 6.07 Å². The molecule has 0 aliphatic carbocycles. The minimum Gasteiger partial charge on any atom is -0.493 e. The van der Waals surface area contributed by atoms with E-state index in [0.29, 0.717) is 17.7 Å². The molecule has 7 nitrogen and oxygen atoms in total. The summed E-state index contributed by atoms with van der Waals surface area (Å²) in [7, 11) is 0. The zero-order valence-electron chi connectivity index (χ0n) is 13.2. The van der Waals surface area contributed by atoms with Gasteiger partial charge in [0, 0.05) is 5.56 Å². The number of carboxylic acids is 1. The lowest BCUT2D eigenvalue weighted by Crippen LogP contribution is -2.42. The average molecular weight is 322 g/mol. The van der Waals surface area contributed by atoms with Crippen LogP contribution in [0.1, 0.15) is 37.0 Å². The van der Waals surface area contributed by atoms with Crippen LogP contribution in [0.25, 0.3) is 0 Å². The number of hydrogen-bond acceptors (Lipinski definition) is 4. The number of nitrogens with two attached hydrogens (primary N) is 1. The molecule has 0 aliphatic rings. The highest BCUT2D eigenvalue weighted by molar-refractivity contribution is 5.93. The fraction of sp³-hybridized carbons (Fsp3) is 0.438. The Kier molecular flexibility index (Phi) is 7.05. The van der Waals surface area contributed by atoms with E-state index in [1.807, 2.05) is 13.8 Å². The van der Waals surface area contributed by atoms with Crippen molar-refractivity contribution in [2.45, 2.75) is 32.7 Å². The molecule has 4 N–H and O–H groups in total. The van der Waals surface area contributed by atoms with Crippen LogP contribution in [-0.2, 0) is 9.59 Å². The van der Waals surface area contributed by atoms with Crippen LogP contribution in [0.2, 0.25) is 0 Å². The number of carbonyl (C=O) groups is 3. The number of carboxylic acid groups (broad SMARTS) is 1. The molecule has 1 aromatic carbocycles. The van der Waals surface area contributed by atoms with Crippen LogP contribution < -0.4 is 15.8 Å². The molecule has 7 heteroatoms. The van der Waals surface area contributed by atoms with Gasteiger partial charge in [0.05, 0.1) is 13.0 Å². The van der Waals surface area contributed by atoms with Gasteiger partial charge in [0.25, 0.3) is 0 Å². The Hall–Kier alpha value is -2.57. The summed E-state index contributed by atoms with van der Waals surface area (Å²) in [5.41, 5.74) is 5.48. The molecule has 0 aliphatic heterocycles. The Labute approximate surface area is 134 Å². The number of hydrogen-bond donors (Lipinski definition) is 3. The lowest BCUT2D eigenvalue weighted by molar-refractivity contribution is -0.142. The van der Waals surface area contributed by atoms with Gasteiger partial charge < -0.3 is 20.9 Å². The Bertz CT molecular complexity index is 571. The lowest BCUT2D eigenvalue weighted by atomic mass is 10.0. The fourth-order valence-corrected chi connectivity index (χ4v) is 1.96. The van der Waals surface area contributed by atoms with Crippen molar-refractivity contribution in [2.24, 2.45) is 11.7 Å². The summed E-state index contributed by atoms with van der Waals surface area (Å²) in [5, 5.41) is 11.5. The van der Waals surface area contributed by atoms with Gasteiger partial charge in [0.1, 0.15) is 11.8 Å². The summed E-state index contributed by atoms with van der Waals surface area (Å²) in [4.78, 5) is 33.9. The van der Waals surface area contributed by atoms with Crippen molar-refractivity contribution in [2.75, 3.05) is 6.61 Å². The Morgan fingerprint density at radius 3 is 2.57 bits per heavy atom. The van der Waals surface area contributed by atoms with E-state index in [-0.39, 0.29) is 18.9 Å². The molecule has 0 bridgehead atoms. The first kappa shape index (κ1) is 18.5. The predicted octanol–water partition coefficient (Wildman–Crippen LogP) is 1.17. The van der Waals surface area contributed by atoms with Crippen molar-refractivity contribution < 1.29 is 24.2 Å². The second kappa shape index (κ2) is 8.77. The topological polar surface area (TPSA) is 119 Å². The smallest absolute Gasteiger partial charge is 0.326 e. The van der Waals surface area contributed by atoms with E-state index in [9.17, 15) is 14.4 Å². The van der Waals surface area contributed by atoms with Crippen LogP contribution in [0.3, 0.4) is 0 Å². The molecule has 0 unspecified atom stereocenters. The van der Waals surface area contributed by atoms with Crippen molar-refractivity contribution >= 4 is 17.8 Å². The zero-order chi connectivity index (χ0) is 17.4. The second-order valence-corrected chi connectivity index (χ2v) is 5.58. The van der Waals surface area contributed by atoms with E-state index in [1.54, 1.807) is 18.2 Å². The molecule has 1 aromatic rings. The summed E-state index contributed by atoms with van der Waals surface area (Å²) in [6, 6.07) is 5.41. The maximum atomic E-state index is 11.8. The number of aliphatic carboxylic acids is 1. The highest BCUT2D eigenvalue weighted by atomic mass is 16.5. The van der Waals surface area contributed by atoms with Crippen LogP contribution in [-0.4, -0.2) is 35.5 Å². The van der Waals surface area contributed by atoms with Crippen LogP contribution in [0.15, 0.2) is 24.3 Å². The van der Waals surface area contributed by atoms with Gasteiger partial charge in [-0.05, 0) is 30.5 Å². The molecule has 126 valence electrons. The minimum absolute atomic E-state index is 0.0165. The normalized spacial score (nSPS) is 11.8. The highest BCUT2D eigenvalue weighted by Crippen LogP contribution is 2.13. The number of rotatable bonds is 9. The Balaban J connectivity index is 2.45. The first-order valence-corrected chi connectivity index (χ1v) is 7.34. The molecule has 0 aromatic heterocycles. The van der Waals surface area contributed by atoms with Gasteiger partial charge in [-0.3, -0.25) is 9.59 Å². The number of nitrogens with one attached hydrogen (secondary N) is 1. The second-order valence-electron chi connectivity index (χ2n) is 5.58. The third kappa shape index (κ3) is 6.82. The molecule has 1 atom stereocenters. The maximum Gasteiger partial charge on any atom is 0.326 e. The third-order valence-corrected chi connectivity index (χ3v) is 3.06. The van der Waals surface area contributed by atoms with Crippen molar-refractivity contribution in [3.63, 3.8) is 0 Å². The van der Waals surface area contributed by atoms with Crippen LogP contribution in [0.5, 0.6) is 5.75 Å². The third-order valence-electron chi connectivity index (χ3n) is 3.06. The van der Waals surface area contributed by atoms with Crippen molar-refractivity contribution in [1.82, 2.24) is 5.32 Å². The summed E-state index contributed by atoms with van der Waals surface area (Å²) in [5.74, 6) is -1.44. The summed E-state index contributed by atoms with van der Waals surface area (Å²) in [6.45, 7) is 3.84. The molecule has 0 radical (unpaired) electrons. The van der Waals surface area contributed by atoms with Gasteiger partial charge in [-0.15, -0.1) is 0 Å². The molecule has 1 rings (SSSR count). The first-order valence-electron chi connectivity index (χ1n) is 7.34. The minimum atomic E-state index is -1.05. The molecule has 0 saturated heterocycles. The number of benzene rings is 1. The van der Waals surface area contributed by atoms with Crippen LogP contribution in [0, 0.1) is 5.92 Å². The van der Waals surface area contributed by atoms with Crippen molar-refractivity contribution in [1.29, 1.82) is 0 Å². The summed E-state index contributed by atoms with van der Waals surface area (Å²) >= 11 is 0. The van der Waals surface area contributed by atoms with E-state index in [4.69, 9.17) is 15.6 Å². The van der Waals surface area contributed by atoms with Crippen LogP contribution >= 0.6 is 0 Å². The number of amides is 2. The molecular weight excluding hydrogens is 300 g/mol. The van der Waals surface area contributed by atoms with Crippen molar-refractivity contribution in [3.8, 4) is 5.75 Å². The zero-order valence-corrected chi connectivity index (χ0v) is 13.2. The van der Waals surface area contributed by atoms with E-state index >= 15 is 0 Å². The maximum absolute atomic E-state index is 11.8. The summed E-state index contributed by atoms with van der Waals surface area (Å²) < 4.78 is 5.37. The summed E-state index contributed by atoms with van der Waals surface area (Å²) in [6.07, 6.45) is 0.380. The van der Waals surface area contributed by atoms with E-state index in [0.717, 1.165) is 0 Å². The Morgan fingerprint density at radius 2 is 2.00 bits per heavy atom. The van der Waals surface area contributed by atoms with Gasteiger partial charge in [0.15, 0.2) is 0 Å². The molecule has 0 saturated carbocycles. The largest absolute Gasteiger partial charge is 0.493 e. The van der Waals surface area contributed by atoms with Gasteiger partial charge in [-0.1, -0.05) is 19.9 Å². The van der Waals surface area contributed by atoms with Gasteiger partial charge in [-0.25, -0.2) is 4.79 Å². The lowest BCUT2D eigenvalue weighted by Gasteiger charge is -2.16. The highest BCUT2D eigenvalue weighted by Gasteiger charge is 2.20. The SMILES string of the molecule is CC(C)C[C@@H](NC(=O)CCOc1cccc(C(N)=O)c1)C(=O)O. The number of ether oxygens (including phenoxy) is 1. The number of carbonyl (C=O) groups excluding carboxylic acids is 2. The molecular formula is C16H22N2O5. The van der Waals surface area contributed by atoms with Crippen LogP contribution in [0.4, 0.5) is 0 Å². The van der Waals surface area contributed by atoms with Gasteiger partial charge in [-0.2, -0.15) is 0 Å². The molecule has 0 fully saturated rings. The molecule has 0 spiro atoms. The molecule has 23 heavy (non-hydrogen) atoms. The predicted molar refractivity (Wildman–Crippen MR) is 84.1 cm³/mol. The number of primary amides is 1. The molecule has 2 amide bonds. The fourth-order valence-electron chi connectivity index (χ4n) is 1.96. The first-order chi connectivity index (χ1) is 10.8.